The third kappa shape index (κ3) is 1.63. The maximum atomic E-state index is 5.15. The number of aromatic amines is 2. The van der Waals surface area contributed by atoms with E-state index in [1.54, 1.807) is 7.11 Å². The number of aromatic nitrogens is 4. The number of nitrogens with zero attached hydrogens (tertiary/aromatic N) is 2. The van der Waals surface area contributed by atoms with Crippen molar-refractivity contribution >= 4 is 22.8 Å². The van der Waals surface area contributed by atoms with Gasteiger partial charge in [0, 0.05) is 11.8 Å². The van der Waals surface area contributed by atoms with Crippen molar-refractivity contribution in [3.05, 3.63) is 23.9 Å². The van der Waals surface area contributed by atoms with Gasteiger partial charge in [-0.1, -0.05) is 0 Å². The standard InChI is InChI=1S/C13H12N4OS/c1-18-11-3-2-7-9(15-11)6-10(14-7)12-13-8(16-17-12)4-5-19-13/h2-3,6,14H,4-5H2,1H3,(H,16,17). The molecule has 4 heterocycles. The van der Waals surface area contributed by atoms with Crippen LogP contribution >= 0.6 is 11.8 Å². The summed E-state index contributed by atoms with van der Waals surface area (Å²) in [6, 6.07) is 5.85. The molecule has 1 aliphatic rings. The molecule has 3 aromatic heterocycles. The van der Waals surface area contributed by atoms with Crippen molar-refractivity contribution in [2.24, 2.45) is 0 Å². The second kappa shape index (κ2) is 4.03. The predicted octanol–water partition coefficient (Wildman–Crippen LogP) is 2.61. The summed E-state index contributed by atoms with van der Waals surface area (Å²) in [6.07, 6.45) is 1.07. The molecule has 0 radical (unpaired) electrons. The van der Waals surface area contributed by atoms with Gasteiger partial charge < -0.3 is 9.72 Å². The third-order valence-corrected chi connectivity index (χ3v) is 4.44. The van der Waals surface area contributed by atoms with Crippen LogP contribution in [0.25, 0.3) is 22.4 Å². The topological polar surface area (TPSA) is 66.6 Å². The van der Waals surface area contributed by atoms with E-state index >= 15 is 0 Å². The monoisotopic (exact) mass is 272 g/mol. The highest BCUT2D eigenvalue weighted by Crippen LogP contribution is 2.38. The smallest absolute Gasteiger partial charge is 0.213 e. The molecule has 0 bridgehead atoms. The Hall–Kier alpha value is -1.95. The first-order valence-corrected chi connectivity index (χ1v) is 7.08. The summed E-state index contributed by atoms with van der Waals surface area (Å²) in [7, 11) is 1.62. The molecule has 5 nitrogen and oxygen atoms in total. The molecule has 2 N–H and O–H groups in total. The fourth-order valence-corrected chi connectivity index (χ4v) is 3.49. The molecule has 3 aromatic rings. The average molecular weight is 272 g/mol. The summed E-state index contributed by atoms with van der Waals surface area (Å²) in [6.45, 7) is 0. The minimum absolute atomic E-state index is 0.625. The second-order valence-electron chi connectivity index (χ2n) is 4.45. The van der Waals surface area contributed by atoms with Gasteiger partial charge in [-0.3, -0.25) is 5.10 Å². The Morgan fingerprint density at radius 2 is 2.32 bits per heavy atom. The number of aryl methyl sites for hydroxylation is 1. The normalized spacial score (nSPS) is 13.9. The second-order valence-corrected chi connectivity index (χ2v) is 5.55. The maximum absolute atomic E-state index is 5.15. The lowest BCUT2D eigenvalue weighted by atomic mass is 10.2. The van der Waals surface area contributed by atoms with E-state index in [2.05, 4.69) is 20.2 Å². The number of hydrogen-bond acceptors (Lipinski definition) is 4. The Morgan fingerprint density at radius 3 is 3.21 bits per heavy atom. The summed E-state index contributed by atoms with van der Waals surface area (Å²) in [5, 5.41) is 7.53. The Labute approximate surface area is 113 Å². The summed E-state index contributed by atoms with van der Waals surface area (Å²) in [4.78, 5) is 9.05. The number of hydrogen-bond donors (Lipinski definition) is 2. The van der Waals surface area contributed by atoms with Crippen molar-refractivity contribution in [3.63, 3.8) is 0 Å². The molecule has 0 saturated heterocycles. The van der Waals surface area contributed by atoms with E-state index in [1.807, 2.05) is 30.0 Å². The van der Waals surface area contributed by atoms with Crippen LogP contribution in [0.1, 0.15) is 5.69 Å². The number of fused-ring (bicyclic) bond motifs is 2. The van der Waals surface area contributed by atoms with Gasteiger partial charge in [0.15, 0.2) is 0 Å². The van der Waals surface area contributed by atoms with Gasteiger partial charge in [0.1, 0.15) is 5.69 Å². The zero-order chi connectivity index (χ0) is 12.8. The van der Waals surface area contributed by atoms with E-state index in [1.165, 1.54) is 10.6 Å². The van der Waals surface area contributed by atoms with Crippen LogP contribution < -0.4 is 4.74 Å². The first kappa shape index (κ1) is 10.9. The highest BCUT2D eigenvalue weighted by Gasteiger charge is 2.21. The summed E-state index contributed by atoms with van der Waals surface area (Å²) in [5.41, 5.74) is 5.13. The fourth-order valence-electron chi connectivity index (χ4n) is 2.36. The van der Waals surface area contributed by atoms with Gasteiger partial charge in [-0.15, -0.1) is 11.8 Å². The largest absolute Gasteiger partial charge is 0.481 e. The molecule has 0 aromatic carbocycles. The van der Waals surface area contributed by atoms with Gasteiger partial charge in [0.25, 0.3) is 0 Å². The number of pyridine rings is 1. The number of ether oxygens (including phenoxy) is 1. The van der Waals surface area contributed by atoms with Crippen molar-refractivity contribution in [1.29, 1.82) is 0 Å². The first-order chi connectivity index (χ1) is 9.35. The van der Waals surface area contributed by atoms with Gasteiger partial charge >= 0.3 is 0 Å². The molecule has 0 aliphatic carbocycles. The molecule has 0 spiro atoms. The van der Waals surface area contributed by atoms with Crippen LogP contribution in [0.3, 0.4) is 0 Å². The van der Waals surface area contributed by atoms with Crippen molar-refractivity contribution in [1.82, 2.24) is 20.2 Å². The highest BCUT2D eigenvalue weighted by atomic mass is 32.2. The van der Waals surface area contributed by atoms with Crippen LogP contribution in [0.4, 0.5) is 0 Å². The van der Waals surface area contributed by atoms with Gasteiger partial charge in [0.2, 0.25) is 5.88 Å². The Balaban J connectivity index is 1.86. The minimum Gasteiger partial charge on any atom is -0.481 e. The SMILES string of the molecule is COc1ccc2[nH]c(-c3n[nH]c4c3SCC4)cc2n1. The molecular weight excluding hydrogens is 260 g/mol. The Kier molecular flexibility index (Phi) is 2.32. The van der Waals surface area contributed by atoms with Gasteiger partial charge in [-0.05, 0) is 18.6 Å². The van der Waals surface area contributed by atoms with E-state index < -0.39 is 0 Å². The zero-order valence-electron chi connectivity index (χ0n) is 10.4. The quantitative estimate of drug-likeness (QED) is 0.752. The third-order valence-electron chi connectivity index (χ3n) is 3.30. The minimum atomic E-state index is 0.625. The molecule has 6 heteroatoms. The molecule has 4 rings (SSSR count). The van der Waals surface area contributed by atoms with Gasteiger partial charge in [0.05, 0.1) is 34.4 Å². The van der Waals surface area contributed by atoms with Crippen molar-refractivity contribution in [2.75, 3.05) is 12.9 Å². The molecule has 96 valence electrons. The molecule has 0 saturated carbocycles. The fraction of sp³-hybridized carbons (Fsp3) is 0.231. The lowest BCUT2D eigenvalue weighted by molar-refractivity contribution is 0.399. The van der Waals surface area contributed by atoms with E-state index in [0.717, 1.165) is 34.6 Å². The van der Waals surface area contributed by atoms with Crippen molar-refractivity contribution in [2.45, 2.75) is 11.3 Å². The molecule has 0 fully saturated rings. The van der Waals surface area contributed by atoms with E-state index in [-0.39, 0.29) is 0 Å². The van der Waals surface area contributed by atoms with Crippen LogP contribution in [0.2, 0.25) is 0 Å². The molecule has 0 amide bonds. The lowest BCUT2D eigenvalue weighted by Gasteiger charge is -1.96. The summed E-state index contributed by atoms with van der Waals surface area (Å²) in [5.74, 6) is 1.75. The summed E-state index contributed by atoms with van der Waals surface area (Å²) < 4.78 is 5.15. The molecule has 19 heavy (non-hydrogen) atoms. The molecule has 0 unspecified atom stereocenters. The number of nitrogens with one attached hydrogen (secondary N) is 2. The zero-order valence-corrected chi connectivity index (χ0v) is 11.2. The van der Waals surface area contributed by atoms with Gasteiger partial charge in [-0.2, -0.15) is 5.10 Å². The van der Waals surface area contributed by atoms with Gasteiger partial charge in [-0.25, -0.2) is 4.98 Å². The van der Waals surface area contributed by atoms with Crippen LogP contribution in [0.15, 0.2) is 23.1 Å². The predicted molar refractivity (Wildman–Crippen MR) is 74.7 cm³/mol. The number of methoxy groups -OCH3 is 1. The van der Waals surface area contributed by atoms with Crippen LogP contribution in [0.5, 0.6) is 5.88 Å². The average Bonchev–Trinajstić information content (AvgIpc) is 3.11. The number of thioether (sulfide) groups is 1. The first-order valence-electron chi connectivity index (χ1n) is 6.09. The van der Waals surface area contributed by atoms with E-state index in [9.17, 15) is 0 Å². The summed E-state index contributed by atoms with van der Waals surface area (Å²) >= 11 is 1.85. The van der Waals surface area contributed by atoms with Crippen molar-refractivity contribution < 1.29 is 4.74 Å². The number of rotatable bonds is 2. The van der Waals surface area contributed by atoms with E-state index in [4.69, 9.17) is 4.74 Å². The lowest BCUT2D eigenvalue weighted by Crippen LogP contribution is -1.85. The Bertz CT molecular complexity index is 761. The highest BCUT2D eigenvalue weighted by molar-refractivity contribution is 7.99. The maximum Gasteiger partial charge on any atom is 0.213 e. The van der Waals surface area contributed by atoms with Crippen LogP contribution in [-0.4, -0.2) is 33.0 Å². The Morgan fingerprint density at radius 1 is 1.37 bits per heavy atom. The molecule has 1 aliphatic heterocycles. The van der Waals surface area contributed by atoms with Crippen LogP contribution in [0, 0.1) is 0 Å². The van der Waals surface area contributed by atoms with Crippen LogP contribution in [-0.2, 0) is 6.42 Å². The number of H-pyrrole nitrogens is 2. The molecular formula is C13H12N4OS. The van der Waals surface area contributed by atoms with Crippen molar-refractivity contribution in [3.8, 4) is 17.3 Å². The molecule has 0 atom stereocenters. The van der Waals surface area contributed by atoms with E-state index in [0.29, 0.717) is 5.88 Å².